The lowest BCUT2D eigenvalue weighted by atomic mass is 10.2. The van der Waals surface area contributed by atoms with Gasteiger partial charge in [0.05, 0.1) is 21.8 Å². The minimum atomic E-state index is -0.485. The van der Waals surface area contributed by atoms with E-state index in [2.05, 4.69) is 10.5 Å². The molecule has 1 amide bonds. The smallest absolute Gasteiger partial charge is 0.272 e. The number of rotatable bonds is 4. The lowest BCUT2D eigenvalue weighted by Crippen LogP contribution is -2.18. The third-order valence-electron chi connectivity index (χ3n) is 4.15. The molecule has 144 valence electrons. The zero-order chi connectivity index (χ0) is 20.4. The molecule has 5 nitrogen and oxygen atoms in total. The molecule has 3 aromatic rings. The van der Waals surface area contributed by atoms with Gasteiger partial charge in [0.25, 0.3) is 5.91 Å². The van der Waals surface area contributed by atoms with E-state index in [0.717, 1.165) is 17.1 Å². The maximum atomic E-state index is 12.4. The number of phenolic OH excluding ortho intramolecular Hbond substituents is 1. The summed E-state index contributed by atoms with van der Waals surface area (Å²) < 4.78 is 2.04. The largest absolute Gasteiger partial charge is 0.506 e. The van der Waals surface area contributed by atoms with E-state index in [1.54, 1.807) is 12.1 Å². The Labute approximate surface area is 177 Å². The molecule has 0 aliphatic rings. The number of hydrazone groups is 1. The van der Waals surface area contributed by atoms with Crippen LogP contribution in [0.25, 0.3) is 5.69 Å². The molecule has 1 aromatic heterocycles. The summed E-state index contributed by atoms with van der Waals surface area (Å²) >= 11 is 18.1. The van der Waals surface area contributed by atoms with Crippen LogP contribution >= 0.6 is 34.8 Å². The van der Waals surface area contributed by atoms with E-state index in [4.69, 9.17) is 34.8 Å². The Hall–Kier alpha value is -2.47. The zero-order valence-electron chi connectivity index (χ0n) is 15.0. The molecule has 2 N–H and O–H groups in total. The normalized spacial score (nSPS) is 11.2. The van der Waals surface area contributed by atoms with Gasteiger partial charge in [0.1, 0.15) is 5.75 Å². The summed E-state index contributed by atoms with van der Waals surface area (Å²) in [5, 5.41) is 14.5. The van der Waals surface area contributed by atoms with Gasteiger partial charge < -0.3 is 9.67 Å². The van der Waals surface area contributed by atoms with Crippen molar-refractivity contribution in [2.24, 2.45) is 5.10 Å². The fourth-order valence-corrected chi connectivity index (χ4v) is 3.58. The molecule has 0 radical (unpaired) electrons. The number of nitrogens with one attached hydrogen (secondary N) is 1. The molecule has 1 heterocycles. The van der Waals surface area contributed by atoms with Crippen molar-refractivity contribution in [3.63, 3.8) is 0 Å². The van der Waals surface area contributed by atoms with Crippen LogP contribution < -0.4 is 5.43 Å². The number of aromatic nitrogens is 1. The average Bonchev–Trinajstić information content (AvgIpc) is 2.97. The van der Waals surface area contributed by atoms with Crippen LogP contribution in [0.2, 0.25) is 15.1 Å². The molecule has 8 heteroatoms. The molecule has 0 saturated carbocycles. The average molecular weight is 437 g/mol. The predicted molar refractivity (Wildman–Crippen MR) is 113 cm³/mol. The third kappa shape index (κ3) is 4.17. The molecule has 3 rings (SSSR count). The van der Waals surface area contributed by atoms with Crippen LogP contribution in [0.5, 0.6) is 5.75 Å². The van der Waals surface area contributed by atoms with Crippen molar-refractivity contribution in [2.45, 2.75) is 13.8 Å². The van der Waals surface area contributed by atoms with E-state index < -0.39 is 5.91 Å². The number of carbonyl (C=O) groups excluding carboxylic acids is 1. The highest BCUT2D eigenvalue weighted by molar-refractivity contribution is 6.36. The fraction of sp³-hybridized carbons (Fsp3) is 0.100. The Morgan fingerprint density at radius 2 is 1.71 bits per heavy atom. The summed E-state index contributed by atoms with van der Waals surface area (Å²) in [6, 6.07) is 12.1. The first-order chi connectivity index (χ1) is 13.3. The maximum absolute atomic E-state index is 12.4. The van der Waals surface area contributed by atoms with Crippen LogP contribution in [-0.2, 0) is 0 Å². The molecular weight excluding hydrogens is 421 g/mol. The molecule has 0 aliphatic carbocycles. The highest BCUT2D eigenvalue weighted by Gasteiger charge is 2.13. The van der Waals surface area contributed by atoms with Crippen molar-refractivity contribution < 1.29 is 9.90 Å². The summed E-state index contributed by atoms with van der Waals surface area (Å²) in [5.74, 6) is -0.662. The molecule has 0 bridgehead atoms. The second kappa shape index (κ2) is 8.27. The number of nitrogens with zero attached hydrogens (tertiary/aromatic N) is 2. The molecule has 28 heavy (non-hydrogen) atoms. The van der Waals surface area contributed by atoms with Crippen molar-refractivity contribution in [3.8, 4) is 11.4 Å². The van der Waals surface area contributed by atoms with E-state index >= 15 is 0 Å². The zero-order valence-corrected chi connectivity index (χ0v) is 17.3. The molecule has 0 atom stereocenters. The monoisotopic (exact) mass is 435 g/mol. The summed E-state index contributed by atoms with van der Waals surface area (Å²) in [7, 11) is 0. The van der Waals surface area contributed by atoms with E-state index in [9.17, 15) is 9.90 Å². The Kier molecular flexibility index (Phi) is 5.98. The molecule has 0 unspecified atom stereocenters. The van der Waals surface area contributed by atoms with E-state index in [-0.39, 0.29) is 21.9 Å². The van der Waals surface area contributed by atoms with Gasteiger partial charge in [0.15, 0.2) is 0 Å². The van der Waals surface area contributed by atoms with Gasteiger partial charge in [-0.15, -0.1) is 0 Å². The van der Waals surface area contributed by atoms with E-state index in [0.29, 0.717) is 10.0 Å². The van der Waals surface area contributed by atoms with Crippen LogP contribution in [-0.4, -0.2) is 21.8 Å². The topological polar surface area (TPSA) is 66.6 Å². The standard InChI is InChI=1S/C20H16Cl3N3O2/c1-11-3-4-12(2)26(11)15-5-6-16(17(22)9-15)20(28)25-24-10-13-7-14(21)8-18(23)19(13)27/h3-10,27H,1-2H3,(H,25,28)/b24-10-. The molecule has 0 saturated heterocycles. The van der Waals surface area contributed by atoms with Gasteiger partial charge in [0.2, 0.25) is 0 Å². The Bertz CT molecular complexity index is 1070. The number of halogens is 3. The van der Waals surface area contributed by atoms with Crippen molar-refractivity contribution in [1.82, 2.24) is 9.99 Å². The van der Waals surface area contributed by atoms with Gasteiger partial charge in [-0.05, 0) is 56.3 Å². The van der Waals surface area contributed by atoms with Gasteiger partial charge in [-0.3, -0.25) is 4.79 Å². The highest BCUT2D eigenvalue weighted by Crippen LogP contribution is 2.30. The number of amides is 1. The van der Waals surface area contributed by atoms with Gasteiger partial charge >= 0.3 is 0 Å². The van der Waals surface area contributed by atoms with E-state index in [1.807, 2.05) is 36.6 Å². The number of phenols is 1. The summed E-state index contributed by atoms with van der Waals surface area (Å²) in [4.78, 5) is 12.4. The van der Waals surface area contributed by atoms with Crippen LogP contribution in [0.15, 0.2) is 47.6 Å². The second-order valence-electron chi connectivity index (χ2n) is 6.14. The van der Waals surface area contributed by atoms with Gasteiger partial charge in [-0.25, -0.2) is 5.43 Å². The Morgan fingerprint density at radius 1 is 1.04 bits per heavy atom. The highest BCUT2D eigenvalue weighted by atomic mass is 35.5. The molecule has 0 spiro atoms. The predicted octanol–water partition coefficient (Wildman–Crippen LogP) is 5.52. The first kappa shape index (κ1) is 20.3. The number of hydrogen-bond donors (Lipinski definition) is 2. The Morgan fingerprint density at radius 3 is 2.36 bits per heavy atom. The van der Waals surface area contributed by atoms with Gasteiger partial charge in [-0.1, -0.05) is 34.8 Å². The van der Waals surface area contributed by atoms with Crippen molar-refractivity contribution >= 4 is 46.9 Å². The Balaban J connectivity index is 1.78. The molecule has 0 fully saturated rings. The number of aromatic hydroxyl groups is 1. The van der Waals surface area contributed by atoms with Crippen molar-refractivity contribution in [3.05, 3.63) is 80.0 Å². The van der Waals surface area contributed by atoms with Crippen LogP contribution in [0.3, 0.4) is 0 Å². The number of carbonyl (C=O) groups is 1. The van der Waals surface area contributed by atoms with Crippen LogP contribution in [0.1, 0.15) is 27.3 Å². The van der Waals surface area contributed by atoms with Crippen molar-refractivity contribution in [2.75, 3.05) is 0 Å². The quantitative estimate of drug-likeness (QED) is 0.417. The number of hydrogen-bond acceptors (Lipinski definition) is 3. The van der Waals surface area contributed by atoms with Crippen LogP contribution in [0.4, 0.5) is 0 Å². The first-order valence-corrected chi connectivity index (χ1v) is 9.37. The first-order valence-electron chi connectivity index (χ1n) is 8.24. The van der Waals surface area contributed by atoms with Gasteiger partial charge in [0, 0.05) is 27.7 Å². The lowest BCUT2D eigenvalue weighted by molar-refractivity contribution is 0.0955. The molecule has 0 aliphatic heterocycles. The molecule has 2 aromatic carbocycles. The summed E-state index contributed by atoms with van der Waals surface area (Å²) in [6.45, 7) is 3.99. The SMILES string of the molecule is Cc1ccc(C)n1-c1ccc(C(=O)N/N=C\c2cc(Cl)cc(Cl)c2O)c(Cl)c1. The number of benzene rings is 2. The van der Waals surface area contributed by atoms with E-state index in [1.165, 1.54) is 18.3 Å². The maximum Gasteiger partial charge on any atom is 0.272 e. The molecular formula is C20H16Cl3N3O2. The van der Waals surface area contributed by atoms with Crippen molar-refractivity contribution in [1.29, 1.82) is 0 Å². The summed E-state index contributed by atoms with van der Waals surface area (Å²) in [5.41, 5.74) is 5.92. The minimum absolute atomic E-state index is 0.0921. The number of aryl methyl sites for hydroxylation is 2. The van der Waals surface area contributed by atoms with Crippen LogP contribution in [0, 0.1) is 13.8 Å². The van der Waals surface area contributed by atoms with Gasteiger partial charge in [-0.2, -0.15) is 5.10 Å². The minimum Gasteiger partial charge on any atom is -0.506 e. The lowest BCUT2D eigenvalue weighted by Gasteiger charge is -2.11. The third-order valence-corrected chi connectivity index (χ3v) is 4.97. The summed E-state index contributed by atoms with van der Waals surface area (Å²) in [6.07, 6.45) is 1.25. The fourth-order valence-electron chi connectivity index (χ4n) is 2.81. The second-order valence-corrected chi connectivity index (χ2v) is 7.39.